The summed E-state index contributed by atoms with van der Waals surface area (Å²) in [5, 5.41) is 12.4. The molecule has 29 heavy (non-hydrogen) atoms. The summed E-state index contributed by atoms with van der Waals surface area (Å²) in [5.74, 6) is 0.189. The molecule has 0 aliphatic carbocycles. The van der Waals surface area contributed by atoms with Crippen LogP contribution in [0.4, 0.5) is 5.00 Å². The fourth-order valence-corrected chi connectivity index (χ4v) is 4.37. The van der Waals surface area contributed by atoms with Crippen LogP contribution in [0.3, 0.4) is 0 Å². The van der Waals surface area contributed by atoms with E-state index >= 15 is 0 Å². The molecule has 0 aliphatic heterocycles. The molecule has 0 bridgehead atoms. The van der Waals surface area contributed by atoms with Crippen LogP contribution in [-0.4, -0.2) is 44.0 Å². The Labute approximate surface area is 176 Å². The molecule has 3 aromatic rings. The topological polar surface area (TPSA) is 99.0 Å². The Morgan fingerprint density at radius 1 is 1.31 bits per heavy atom. The number of nitrogens with one attached hydrogen (secondary N) is 1. The maximum Gasteiger partial charge on any atom is 0.341 e. The Bertz CT molecular complexity index is 1000. The molecule has 3 aromatic heterocycles. The predicted octanol–water partition coefficient (Wildman–Crippen LogP) is 3.64. The Hall–Kier alpha value is -2.72. The molecule has 3 heterocycles. The lowest BCUT2D eigenvalue weighted by molar-refractivity contribution is -0.113. The van der Waals surface area contributed by atoms with Crippen molar-refractivity contribution in [3.05, 3.63) is 41.0 Å². The lowest BCUT2D eigenvalue weighted by Gasteiger charge is -2.08. The Kier molecular flexibility index (Phi) is 6.99. The second kappa shape index (κ2) is 9.66. The zero-order chi connectivity index (χ0) is 20.8. The quantitative estimate of drug-likeness (QED) is 0.429. The standard InChI is InChI=1S/C19H21N5O3S2/c1-4-24-16(13-7-6-8-20-10-13)22-23-19(24)28-11-15(25)21-17-14(9-12(3)29-17)18(26)27-5-2/h6-10H,4-5,11H2,1-3H3,(H,21,25). The number of esters is 1. The van der Waals surface area contributed by atoms with Crippen molar-refractivity contribution in [3.8, 4) is 11.4 Å². The molecular weight excluding hydrogens is 410 g/mol. The van der Waals surface area contributed by atoms with Crippen molar-refractivity contribution in [1.29, 1.82) is 0 Å². The summed E-state index contributed by atoms with van der Waals surface area (Å²) >= 11 is 2.64. The summed E-state index contributed by atoms with van der Waals surface area (Å²) in [5.41, 5.74) is 1.24. The lowest BCUT2D eigenvalue weighted by Crippen LogP contribution is -2.16. The number of pyridine rings is 1. The number of carbonyl (C=O) groups is 2. The van der Waals surface area contributed by atoms with Crippen molar-refractivity contribution in [1.82, 2.24) is 19.7 Å². The minimum atomic E-state index is -0.438. The molecule has 0 fully saturated rings. The van der Waals surface area contributed by atoms with Crippen molar-refractivity contribution in [2.45, 2.75) is 32.5 Å². The second-order valence-electron chi connectivity index (χ2n) is 5.95. The van der Waals surface area contributed by atoms with Gasteiger partial charge in [-0.25, -0.2) is 4.79 Å². The maximum absolute atomic E-state index is 12.5. The first-order valence-electron chi connectivity index (χ1n) is 9.07. The van der Waals surface area contributed by atoms with Gasteiger partial charge in [-0.3, -0.25) is 9.78 Å². The van der Waals surface area contributed by atoms with E-state index in [1.165, 1.54) is 23.1 Å². The highest BCUT2D eigenvalue weighted by molar-refractivity contribution is 7.99. The number of nitrogens with zero attached hydrogens (tertiary/aromatic N) is 4. The summed E-state index contributed by atoms with van der Waals surface area (Å²) < 4.78 is 6.99. The summed E-state index contributed by atoms with van der Waals surface area (Å²) in [6.45, 7) is 6.56. The lowest BCUT2D eigenvalue weighted by atomic mass is 10.3. The number of anilines is 1. The molecule has 3 rings (SSSR count). The molecule has 0 aliphatic rings. The van der Waals surface area contributed by atoms with E-state index in [0.29, 0.717) is 28.1 Å². The minimum absolute atomic E-state index is 0.143. The summed E-state index contributed by atoms with van der Waals surface area (Å²) in [7, 11) is 0. The fourth-order valence-electron chi connectivity index (χ4n) is 2.65. The normalized spacial score (nSPS) is 10.7. The van der Waals surface area contributed by atoms with Gasteiger partial charge in [0.2, 0.25) is 5.91 Å². The average Bonchev–Trinajstić information content (AvgIpc) is 3.30. The van der Waals surface area contributed by atoms with Gasteiger partial charge in [0, 0.05) is 29.4 Å². The molecule has 0 radical (unpaired) electrons. The van der Waals surface area contributed by atoms with E-state index in [4.69, 9.17) is 4.74 Å². The van der Waals surface area contributed by atoms with Crippen LogP contribution in [0.2, 0.25) is 0 Å². The first-order chi connectivity index (χ1) is 14.0. The first-order valence-corrected chi connectivity index (χ1v) is 10.9. The molecule has 152 valence electrons. The van der Waals surface area contributed by atoms with Crippen LogP contribution in [0, 0.1) is 6.92 Å². The van der Waals surface area contributed by atoms with E-state index in [-0.39, 0.29) is 18.3 Å². The molecule has 0 aromatic carbocycles. The Morgan fingerprint density at radius 2 is 2.14 bits per heavy atom. The molecule has 1 amide bonds. The van der Waals surface area contributed by atoms with Crippen LogP contribution in [0.1, 0.15) is 29.1 Å². The number of thiophene rings is 1. The van der Waals surface area contributed by atoms with Crippen LogP contribution in [-0.2, 0) is 16.1 Å². The number of hydrogen-bond acceptors (Lipinski definition) is 8. The number of aryl methyl sites for hydroxylation is 1. The van der Waals surface area contributed by atoms with Gasteiger partial charge < -0.3 is 14.6 Å². The van der Waals surface area contributed by atoms with E-state index < -0.39 is 5.97 Å². The van der Waals surface area contributed by atoms with Crippen molar-refractivity contribution < 1.29 is 14.3 Å². The summed E-state index contributed by atoms with van der Waals surface area (Å²) in [4.78, 5) is 29.6. The van der Waals surface area contributed by atoms with Gasteiger partial charge in [0.1, 0.15) is 5.00 Å². The number of thioether (sulfide) groups is 1. The highest BCUT2D eigenvalue weighted by Crippen LogP contribution is 2.29. The van der Waals surface area contributed by atoms with Gasteiger partial charge in [-0.15, -0.1) is 21.5 Å². The summed E-state index contributed by atoms with van der Waals surface area (Å²) in [6, 6.07) is 5.48. The van der Waals surface area contributed by atoms with Crippen LogP contribution in [0.5, 0.6) is 0 Å². The monoisotopic (exact) mass is 431 g/mol. The number of aromatic nitrogens is 4. The molecule has 0 saturated carbocycles. The zero-order valence-electron chi connectivity index (χ0n) is 16.3. The molecule has 0 unspecified atom stereocenters. The van der Waals surface area contributed by atoms with Crippen molar-refractivity contribution in [3.63, 3.8) is 0 Å². The SMILES string of the molecule is CCOC(=O)c1cc(C)sc1NC(=O)CSc1nnc(-c2cccnc2)n1CC. The number of amides is 1. The number of carbonyl (C=O) groups excluding carboxylic acids is 2. The average molecular weight is 432 g/mol. The van der Waals surface area contributed by atoms with Crippen LogP contribution in [0.15, 0.2) is 35.7 Å². The number of ether oxygens (including phenoxy) is 1. The van der Waals surface area contributed by atoms with E-state index in [9.17, 15) is 9.59 Å². The molecule has 10 heteroatoms. The Morgan fingerprint density at radius 3 is 2.83 bits per heavy atom. The van der Waals surface area contributed by atoms with Crippen LogP contribution >= 0.6 is 23.1 Å². The first kappa shape index (κ1) is 21.0. The largest absolute Gasteiger partial charge is 0.462 e. The van der Waals surface area contributed by atoms with Gasteiger partial charge in [0.15, 0.2) is 11.0 Å². The molecular formula is C19H21N5O3S2. The third-order valence-corrected chi connectivity index (χ3v) is 5.82. The van der Waals surface area contributed by atoms with E-state index in [2.05, 4.69) is 20.5 Å². The van der Waals surface area contributed by atoms with Crippen LogP contribution in [0.25, 0.3) is 11.4 Å². The minimum Gasteiger partial charge on any atom is -0.462 e. The molecule has 0 saturated heterocycles. The van der Waals surface area contributed by atoms with Gasteiger partial charge in [-0.2, -0.15) is 0 Å². The maximum atomic E-state index is 12.5. The van der Waals surface area contributed by atoms with E-state index in [1.54, 1.807) is 25.4 Å². The van der Waals surface area contributed by atoms with Gasteiger partial charge in [-0.05, 0) is 39.0 Å². The van der Waals surface area contributed by atoms with Crippen molar-refractivity contribution >= 4 is 40.0 Å². The van der Waals surface area contributed by atoms with E-state index in [0.717, 1.165) is 10.4 Å². The van der Waals surface area contributed by atoms with Crippen LogP contribution < -0.4 is 5.32 Å². The molecule has 1 N–H and O–H groups in total. The molecule has 0 atom stereocenters. The fraction of sp³-hybridized carbons (Fsp3) is 0.316. The highest BCUT2D eigenvalue weighted by atomic mass is 32.2. The second-order valence-corrected chi connectivity index (χ2v) is 8.15. The van der Waals surface area contributed by atoms with Crippen molar-refractivity contribution in [2.75, 3.05) is 17.7 Å². The number of rotatable bonds is 8. The number of hydrogen-bond donors (Lipinski definition) is 1. The van der Waals surface area contributed by atoms with Gasteiger partial charge in [0.25, 0.3) is 0 Å². The third-order valence-electron chi connectivity index (χ3n) is 3.89. The Balaban J connectivity index is 1.68. The summed E-state index contributed by atoms with van der Waals surface area (Å²) in [6.07, 6.45) is 3.43. The molecule has 0 spiro atoms. The third kappa shape index (κ3) is 5.01. The van der Waals surface area contributed by atoms with Gasteiger partial charge in [-0.1, -0.05) is 11.8 Å². The zero-order valence-corrected chi connectivity index (χ0v) is 18.0. The van der Waals surface area contributed by atoms with Crippen molar-refractivity contribution in [2.24, 2.45) is 0 Å². The predicted molar refractivity (Wildman–Crippen MR) is 113 cm³/mol. The van der Waals surface area contributed by atoms with Gasteiger partial charge in [0.05, 0.1) is 17.9 Å². The smallest absolute Gasteiger partial charge is 0.341 e. The highest BCUT2D eigenvalue weighted by Gasteiger charge is 2.19. The van der Waals surface area contributed by atoms with Gasteiger partial charge >= 0.3 is 5.97 Å². The molecule has 8 nitrogen and oxygen atoms in total. The van der Waals surface area contributed by atoms with E-state index in [1.807, 2.05) is 30.5 Å².